The molecule has 0 radical (unpaired) electrons. The van der Waals surface area contributed by atoms with Crippen molar-refractivity contribution in [2.45, 2.75) is 62.3 Å². The van der Waals surface area contributed by atoms with Crippen LogP contribution in [0.5, 0.6) is 0 Å². The number of nitrogens with one attached hydrogen (secondary N) is 1. The van der Waals surface area contributed by atoms with E-state index in [2.05, 4.69) is 5.32 Å². The lowest BCUT2D eigenvalue weighted by atomic mass is 9.96. The van der Waals surface area contributed by atoms with E-state index in [1.807, 2.05) is 0 Å². The van der Waals surface area contributed by atoms with Gasteiger partial charge in [0.15, 0.2) is 0 Å². The van der Waals surface area contributed by atoms with Gasteiger partial charge in [-0.25, -0.2) is 8.42 Å². The molecule has 1 amide bonds. The van der Waals surface area contributed by atoms with Gasteiger partial charge >= 0.3 is 5.97 Å². The average molecular weight is 397 g/mol. The van der Waals surface area contributed by atoms with E-state index in [4.69, 9.17) is 5.11 Å². The summed E-state index contributed by atoms with van der Waals surface area (Å²) in [6.45, 7) is 0.352. The third-order valence-electron chi connectivity index (χ3n) is 4.97. The van der Waals surface area contributed by atoms with Crippen LogP contribution in [0, 0.1) is 0 Å². The Kier molecular flexibility index (Phi) is 7.79. The van der Waals surface area contributed by atoms with Crippen LogP contribution in [0.25, 0.3) is 0 Å². The largest absolute Gasteiger partial charge is 0.481 e. The van der Waals surface area contributed by atoms with E-state index in [1.54, 1.807) is 19.2 Å². The summed E-state index contributed by atoms with van der Waals surface area (Å²) in [5.41, 5.74) is 0.284. The number of sulfonamides is 1. The van der Waals surface area contributed by atoms with Crippen molar-refractivity contribution in [1.82, 2.24) is 9.62 Å². The second-order valence-corrected chi connectivity index (χ2v) is 8.95. The molecule has 1 aliphatic carbocycles. The Morgan fingerprint density at radius 1 is 1.19 bits per heavy atom. The lowest BCUT2D eigenvalue weighted by molar-refractivity contribution is -0.137. The van der Waals surface area contributed by atoms with Gasteiger partial charge in [0, 0.05) is 31.6 Å². The summed E-state index contributed by atoms with van der Waals surface area (Å²) in [5.74, 6) is -1.22. The Morgan fingerprint density at radius 2 is 1.89 bits per heavy atom. The first-order valence-corrected chi connectivity index (χ1v) is 10.8. The van der Waals surface area contributed by atoms with E-state index in [9.17, 15) is 18.0 Å². The van der Waals surface area contributed by atoms with Crippen molar-refractivity contribution in [3.05, 3.63) is 29.8 Å². The van der Waals surface area contributed by atoms with E-state index < -0.39 is 16.0 Å². The highest BCUT2D eigenvalue weighted by Gasteiger charge is 2.29. The van der Waals surface area contributed by atoms with Gasteiger partial charge in [-0.2, -0.15) is 4.31 Å². The molecule has 7 nitrogen and oxygen atoms in total. The van der Waals surface area contributed by atoms with Gasteiger partial charge in [0.05, 0.1) is 4.90 Å². The highest BCUT2D eigenvalue weighted by molar-refractivity contribution is 7.89. The SMILES string of the molecule is CN(C1CCCCC1)S(=O)(=O)c1cccc(C(=O)NCCCCC(=O)O)c1. The quantitative estimate of drug-likeness (QED) is 0.625. The third kappa shape index (κ3) is 6.04. The number of carboxylic acids is 1. The molecule has 1 aromatic rings. The monoisotopic (exact) mass is 396 g/mol. The predicted molar refractivity (Wildman–Crippen MR) is 102 cm³/mol. The number of hydrogen-bond donors (Lipinski definition) is 2. The maximum atomic E-state index is 12.9. The summed E-state index contributed by atoms with van der Waals surface area (Å²) in [6, 6.07) is 6.07. The van der Waals surface area contributed by atoms with E-state index in [-0.39, 0.29) is 28.8 Å². The fraction of sp³-hybridized carbons (Fsp3) is 0.579. The molecular formula is C19H28N2O5S. The smallest absolute Gasteiger partial charge is 0.303 e. The topological polar surface area (TPSA) is 104 Å². The summed E-state index contributed by atoms with van der Waals surface area (Å²) in [4.78, 5) is 22.8. The van der Waals surface area contributed by atoms with Crippen molar-refractivity contribution in [3.63, 3.8) is 0 Å². The predicted octanol–water partition coefficient (Wildman–Crippen LogP) is 2.62. The molecule has 2 rings (SSSR count). The molecule has 1 saturated carbocycles. The van der Waals surface area contributed by atoms with Crippen LogP contribution in [0.3, 0.4) is 0 Å². The Bertz CT molecular complexity index is 757. The number of nitrogens with zero attached hydrogens (tertiary/aromatic N) is 1. The van der Waals surface area contributed by atoms with Gasteiger partial charge in [0.2, 0.25) is 10.0 Å². The molecule has 2 N–H and O–H groups in total. The van der Waals surface area contributed by atoms with Crippen molar-refractivity contribution in [1.29, 1.82) is 0 Å². The molecule has 27 heavy (non-hydrogen) atoms. The van der Waals surface area contributed by atoms with Crippen LogP contribution in [0.1, 0.15) is 61.7 Å². The summed E-state index contributed by atoms with van der Waals surface area (Å²) in [5, 5.41) is 11.3. The molecular weight excluding hydrogens is 368 g/mol. The van der Waals surface area contributed by atoms with Crippen LogP contribution >= 0.6 is 0 Å². The number of amides is 1. The first-order chi connectivity index (χ1) is 12.8. The number of carbonyl (C=O) groups excluding carboxylic acids is 1. The first kappa shape index (κ1) is 21.4. The van der Waals surface area contributed by atoms with Gasteiger partial charge in [-0.1, -0.05) is 25.3 Å². The number of rotatable bonds is 9. The van der Waals surface area contributed by atoms with Gasteiger partial charge in [-0.05, 0) is 43.9 Å². The Hall–Kier alpha value is -1.93. The van der Waals surface area contributed by atoms with Crippen LogP contribution in [-0.2, 0) is 14.8 Å². The van der Waals surface area contributed by atoms with Crippen molar-refractivity contribution in [2.75, 3.05) is 13.6 Å². The highest BCUT2D eigenvalue weighted by Crippen LogP contribution is 2.26. The van der Waals surface area contributed by atoms with Crippen molar-refractivity contribution in [3.8, 4) is 0 Å². The molecule has 1 aliphatic rings. The maximum absolute atomic E-state index is 12.9. The first-order valence-electron chi connectivity index (χ1n) is 9.40. The van der Waals surface area contributed by atoms with Gasteiger partial charge in [0.25, 0.3) is 5.91 Å². The zero-order valence-electron chi connectivity index (χ0n) is 15.7. The van der Waals surface area contributed by atoms with Crippen molar-refractivity contribution < 1.29 is 23.1 Å². The summed E-state index contributed by atoms with van der Waals surface area (Å²) in [7, 11) is -2.03. The van der Waals surface area contributed by atoms with Crippen molar-refractivity contribution >= 4 is 21.9 Å². The zero-order valence-corrected chi connectivity index (χ0v) is 16.5. The second kappa shape index (κ2) is 9.85. The van der Waals surface area contributed by atoms with E-state index >= 15 is 0 Å². The third-order valence-corrected chi connectivity index (χ3v) is 6.87. The molecule has 0 aromatic heterocycles. The molecule has 0 saturated heterocycles. The summed E-state index contributed by atoms with van der Waals surface area (Å²) in [6.07, 6.45) is 6.06. The summed E-state index contributed by atoms with van der Waals surface area (Å²) >= 11 is 0. The number of carbonyl (C=O) groups is 2. The molecule has 0 bridgehead atoms. The van der Waals surface area contributed by atoms with Crippen LogP contribution in [-0.4, -0.2) is 49.3 Å². The minimum Gasteiger partial charge on any atom is -0.481 e. The van der Waals surface area contributed by atoms with Crippen LogP contribution in [0.4, 0.5) is 0 Å². The standard InChI is InChI=1S/C19H28N2O5S/c1-21(16-9-3-2-4-10-16)27(25,26)17-11-7-8-15(14-17)19(24)20-13-6-5-12-18(22)23/h7-8,11,14,16H,2-6,9-10,12-13H2,1H3,(H,20,24)(H,22,23). The zero-order chi connectivity index (χ0) is 19.9. The van der Waals surface area contributed by atoms with E-state index in [1.165, 1.54) is 16.4 Å². The van der Waals surface area contributed by atoms with Crippen LogP contribution in [0.2, 0.25) is 0 Å². The lowest BCUT2D eigenvalue weighted by Crippen LogP contribution is -2.38. The Morgan fingerprint density at radius 3 is 2.56 bits per heavy atom. The Balaban J connectivity index is 2.00. The Labute approximate surface area is 160 Å². The molecule has 0 unspecified atom stereocenters. The lowest BCUT2D eigenvalue weighted by Gasteiger charge is -2.30. The van der Waals surface area contributed by atoms with Crippen LogP contribution < -0.4 is 5.32 Å². The molecule has 0 spiro atoms. The normalized spacial score (nSPS) is 15.6. The fourth-order valence-electron chi connectivity index (χ4n) is 3.31. The molecule has 1 aromatic carbocycles. The van der Waals surface area contributed by atoms with E-state index in [0.717, 1.165) is 32.1 Å². The molecule has 1 fully saturated rings. The fourth-order valence-corrected chi connectivity index (χ4v) is 4.77. The molecule has 0 heterocycles. The van der Waals surface area contributed by atoms with Gasteiger partial charge < -0.3 is 10.4 Å². The van der Waals surface area contributed by atoms with Gasteiger partial charge in [-0.3, -0.25) is 9.59 Å². The number of unbranched alkanes of at least 4 members (excludes halogenated alkanes) is 1. The molecule has 0 atom stereocenters. The van der Waals surface area contributed by atoms with Gasteiger partial charge in [-0.15, -0.1) is 0 Å². The minimum atomic E-state index is -3.65. The number of carboxylic acid groups (broad SMARTS) is 1. The van der Waals surface area contributed by atoms with E-state index in [0.29, 0.717) is 19.4 Å². The van der Waals surface area contributed by atoms with Gasteiger partial charge in [0.1, 0.15) is 0 Å². The number of benzene rings is 1. The average Bonchev–Trinajstić information content (AvgIpc) is 2.67. The number of aliphatic carboxylic acids is 1. The maximum Gasteiger partial charge on any atom is 0.303 e. The highest BCUT2D eigenvalue weighted by atomic mass is 32.2. The molecule has 8 heteroatoms. The van der Waals surface area contributed by atoms with Crippen molar-refractivity contribution in [2.24, 2.45) is 0 Å². The second-order valence-electron chi connectivity index (χ2n) is 6.95. The number of hydrogen-bond acceptors (Lipinski definition) is 4. The molecule has 150 valence electrons. The summed E-state index contributed by atoms with van der Waals surface area (Å²) < 4.78 is 27.3. The van der Waals surface area contributed by atoms with Crippen LogP contribution in [0.15, 0.2) is 29.2 Å². The molecule has 0 aliphatic heterocycles. The minimum absolute atomic E-state index is 0.00969.